The van der Waals surface area contributed by atoms with E-state index in [-0.39, 0.29) is 18.4 Å². The highest BCUT2D eigenvalue weighted by molar-refractivity contribution is 6.30. The Bertz CT molecular complexity index is 756. The number of halogens is 1. The van der Waals surface area contributed by atoms with Crippen LogP contribution in [0.25, 0.3) is 0 Å². The summed E-state index contributed by atoms with van der Waals surface area (Å²) in [6, 6.07) is 13.8. The van der Waals surface area contributed by atoms with Gasteiger partial charge in [-0.25, -0.2) is 0 Å². The standard InChI is InChI=1S/C18H15ClN2O2/c1-13(22)21-17-10-4-14(5-11-17)3-2-12-20-18(23)15-6-8-16(19)9-7-15/h4-11H,12H2,1H3,(H,20,23)(H,21,22). The SMILES string of the molecule is CC(=O)Nc1ccc(C#CCNC(=O)c2ccc(Cl)cc2)cc1. The third-order valence-electron chi connectivity index (χ3n) is 2.88. The van der Waals surface area contributed by atoms with E-state index < -0.39 is 0 Å². The minimum absolute atomic E-state index is 0.117. The summed E-state index contributed by atoms with van der Waals surface area (Å²) >= 11 is 5.77. The Morgan fingerprint density at radius 1 is 1.04 bits per heavy atom. The molecular weight excluding hydrogens is 312 g/mol. The van der Waals surface area contributed by atoms with Crippen molar-refractivity contribution in [2.45, 2.75) is 6.92 Å². The van der Waals surface area contributed by atoms with Gasteiger partial charge in [-0.05, 0) is 48.5 Å². The van der Waals surface area contributed by atoms with Gasteiger partial charge in [0.25, 0.3) is 5.91 Å². The zero-order valence-corrected chi connectivity index (χ0v) is 13.3. The summed E-state index contributed by atoms with van der Waals surface area (Å²) in [6.07, 6.45) is 0. The van der Waals surface area contributed by atoms with Gasteiger partial charge >= 0.3 is 0 Å². The average Bonchev–Trinajstić information content (AvgIpc) is 2.53. The van der Waals surface area contributed by atoms with Crippen molar-refractivity contribution in [2.75, 3.05) is 11.9 Å². The average molecular weight is 327 g/mol. The number of rotatable bonds is 3. The highest BCUT2D eigenvalue weighted by atomic mass is 35.5. The Balaban J connectivity index is 1.86. The van der Waals surface area contributed by atoms with Crippen molar-refractivity contribution in [2.24, 2.45) is 0 Å². The second-order valence-corrected chi connectivity index (χ2v) is 5.19. The summed E-state index contributed by atoms with van der Waals surface area (Å²) in [7, 11) is 0. The molecule has 0 aliphatic carbocycles. The fourth-order valence-corrected chi connectivity index (χ4v) is 1.94. The normalized spacial score (nSPS) is 9.48. The zero-order valence-electron chi connectivity index (χ0n) is 12.5. The predicted molar refractivity (Wildman–Crippen MR) is 91.4 cm³/mol. The van der Waals surface area contributed by atoms with Crippen molar-refractivity contribution in [3.8, 4) is 11.8 Å². The lowest BCUT2D eigenvalue weighted by Crippen LogP contribution is -2.23. The summed E-state index contributed by atoms with van der Waals surface area (Å²) in [5.74, 6) is 5.51. The van der Waals surface area contributed by atoms with Gasteiger partial charge in [0, 0.05) is 28.8 Å². The topological polar surface area (TPSA) is 58.2 Å². The second kappa shape index (κ2) is 8.02. The highest BCUT2D eigenvalue weighted by Crippen LogP contribution is 2.09. The summed E-state index contributed by atoms with van der Waals surface area (Å²) in [5.41, 5.74) is 2.06. The van der Waals surface area contributed by atoms with Crippen molar-refractivity contribution in [1.29, 1.82) is 0 Å². The van der Waals surface area contributed by atoms with Crippen LogP contribution in [0.15, 0.2) is 48.5 Å². The molecule has 2 aromatic rings. The molecule has 5 heteroatoms. The van der Waals surface area contributed by atoms with Gasteiger partial charge in [-0.1, -0.05) is 23.4 Å². The smallest absolute Gasteiger partial charge is 0.252 e. The van der Waals surface area contributed by atoms with Gasteiger partial charge in [-0.2, -0.15) is 0 Å². The van der Waals surface area contributed by atoms with E-state index in [1.165, 1.54) is 6.92 Å². The van der Waals surface area contributed by atoms with Crippen LogP contribution in [0.3, 0.4) is 0 Å². The Labute approximate surface area is 139 Å². The number of hydrogen-bond acceptors (Lipinski definition) is 2. The molecule has 4 nitrogen and oxygen atoms in total. The third kappa shape index (κ3) is 5.50. The molecule has 0 bridgehead atoms. The first-order valence-electron chi connectivity index (χ1n) is 6.95. The van der Waals surface area contributed by atoms with Crippen LogP contribution < -0.4 is 10.6 Å². The van der Waals surface area contributed by atoms with E-state index in [1.807, 2.05) is 0 Å². The minimum Gasteiger partial charge on any atom is -0.341 e. The summed E-state index contributed by atoms with van der Waals surface area (Å²) < 4.78 is 0. The maximum Gasteiger partial charge on any atom is 0.252 e. The van der Waals surface area contributed by atoms with Crippen LogP contribution in [0, 0.1) is 11.8 Å². The molecule has 23 heavy (non-hydrogen) atoms. The Kier molecular flexibility index (Phi) is 5.79. The number of nitrogens with one attached hydrogen (secondary N) is 2. The van der Waals surface area contributed by atoms with Crippen molar-refractivity contribution in [3.05, 3.63) is 64.7 Å². The molecule has 0 aliphatic heterocycles. The molecule has 0 heterocycles. The highest BCUT2D eigenvalue weighted by Gasteiger charge is 2.02. The zero-order chi connectivity index (χ0) is 16.7. The van der Waals surface area contributed by atoms with Gasteiger partial charge in [-0.3, -0.25) is 9.59 Å². The van der Waals surface area contributed by atoms with Crippen LogP contribution in [0.4, 0.5) is 5.69 Å². The molecule has 0 saturated heterocycles. The quantitative estimate of drug-likeness (QED) is 0.852. The molecule has 0 saturated carbocycles. The van der Waals surface area contributed by atoms with Gasteiger partial charge in [0.05, 0.1) is 6.54 Å². The molecule has 0 aromatic heterocycles. The Morgan fingerprint density at radius 2 is 1.70 bits per heavy atom. The number of anilines is 1. The maximum absolute atomic E-state index is 11.9. The summed E-state index contributed by atoms with van der Waals surface area (Å²) in [6.45, 7) is 1.70. The lowest BCUT2D eigenvalue weighted by molar-refractivity contribution is -0.114. The molecule has 0 aliphatic rings. The lowest BCUT2D eigenvalue weighted by Gasteiger charge is -2.01. The molecule has 116 valence electrons. The Morgan fingerprint density at radius 3 is 2.30 bits per heavy atom. The van der Waals surface area contributed by atoms with E-state index in [4.69, 9.17) is 11.6 Å². The number of carbonyl (C=O) groups excluding carboxylic acids is 2. The molecule has 2 aromatic carbocycles. The van der Waals surface area contributed by atoms with E-state index >= 15 is 0 Å². The van der Waals surface area contributed by atoms with Crippen molar-refractivity contribution in [3.63, 3.8) is 0 Å². The van der Waals surface area contributed by atoms with Crippen LogP contribution in [0.2, 0.25) is 5.02 Å². The fraction of sp³-hybridized carbons (Fsp3) is 0.111. The second-order valence-electron chi connectivity index (χ2n) is 4.75. The number of benzene rings is 2. The minimum atomic E-state index is -0.197. The number of amides is 2. The first-order valence-corrected chi connectivity index (χ1v) is 7.33. The first-order chi connectivity index (χ1) is 11.0. The number of hydrogen-bond donors (Lipinski definition) is 2. The van der Waals surface area contributed by atoms with E-state index in [2.05, 4.69) is 22.5 Å². The predicted octanol–water partition coefficient (Wildman–Crippen LogP) is 3.08. The van der Waals surface area contributed by atoms with Crippen LogP contribution in [-0.4, -0.2) is 18.4 Å². The Hall–Kier alpha value is -2.77. The van der Waals surface area contributed by atoms with E-state index in [0.29, 0.717) is 10.6 Å². The lowest BCUT2D eigenvalue weighted by atomic mass is 10.2. The van der Waals surface area contributed by atoms with Crippen molar-refractivity contribution < 1.29 is 9.59 Å². The molecule has 2 rings (SSSR count). The largest absolute Gasteiger partial charge is 0.341 e. The molecule has 0 spiro atoms. The summed E-state index contributed by atoms with van der Waals surface area (Å²) in [4.78, 5) is 22.8. The fourth-order valence-electron chi connectivity index (χ4n) is 1.81. The van der Waals surface area contributed by atoms with Crippen molar-refractivity contribution >= 4 is 29.1 Å². The van der Waals surface area contributed by atoms with Gasteiger partial charge < -0.3 is 10.6 Å². The van der Waals surface area contributed by atoms with Crippen LogP contribution in [0.5, 0.6) is 0 Å². The third-order valence-corrected chi connectivity index (χ3v) is 3.13. The molecule has 2 amide bonds. The molecule has 0 fully saturated rings. The van der Waals surface area contributed by atoms with Gasteiger partial charge in [0.1, 0.15) is 0 Å². The van der Waals surface area contributed by atoms with Gasteiger partial charge in [0.15, 0.2) is 0 Å². The molecule has 0 unspecified atom stereocenters. The summed E-state index contributed by atoms with van der Waals surface area (Å²) in [5, 5.41) is 5.98. The molecule has 2 N–H and O–H groups in total. The van der Waals surface area contributed by atoms with E-state index in [1.54, 1.807) is 48.5 Å². The van der Waals surface area contributed by atoms with E-state index in [9.17, 15) is 9.59 Å². The van der Waals surface area contributed by atoms with Gasteiger partial charge in [-0.15, -0.1) is 0 Å². The monoisotopic (exact) mass is 326 g/mol. The number of carbonyl (C=O) groups is 2. The molecular formula is C18H15ClN2O2. The maximum atomic E-state index is 11.9. The van der Waals surface area contributed by atoms with Crippen LogP contribution in [0.1, 0.15) is 22.8 Å². The van der Waals surface area contributed by atoms with Gasteiger partial charge in [0.2, 0.25) is 5.91 Å². The van der Waals surface area contributed by atoms with Crippen LogP contribution in [-0.2, 0) is 4.79 Å². The molecule has 0 radical (unpaired) electrons. The molecule has 0 atom stereocenters. The first kappa shape index (κ1) is 16.6. The van der Waals surface area contributed by atoms with Crippen molar-refractivity contribution in [1.82, 2.24) is 5.32 Å². The van der Waals surface area contributed by atoms with E-state index in [0.717, 1.165) is 11.3 Å². The van der Waals surface area contributed by atoms with Crippen LogP contribution >= 0.6 is 11.6 Å².